The molecule has 0 saturated heterocycles. The molecule has 0 aromatic heterocycles. The van der Waals surface area contributed by atoms with Gasteiger partial charge in [0.15, 0.2) is 0 Å². The molecule has 1 unspecified atom stereocenters. The van der Waals surface area contributed by atoms with Crippen LogP contribution >= 0.6 is 0 Å². The van der Waals surface area contributed by atoms with Crippen LogP contribution in [0, 0.1) is 17.8 Å². The Bertz CT molecular complexity index is 368. The van der Waals surface area contributed by atoms with E-state index in [0.29, 0.717) is 18.4 Å². The molecular formula is C17H26O2. The highest BCUT2D eigenvalue weighted by atomic mass is 16.5. The highest BCUT2D eigenvalue weighted by Crippen LogP contribution is 2.21. The fraction of sp³-hybridized carbons (Fsp3) is 0.588. The minimum atomic E-state index is -0.0420. The first-order valence-electron chi connectivity index (χ1n) is 7.21. The highest BCUT2D eigenvalue weighted by Gasteiger charge is 2.24. The molecule has 0 aliphatic rings. The molecule has 0 bridgehead atoms. The molecule has 1 rings (SSSR count). The van der Waals surface area contributed by atoms with E-state index in [-0.39, 0.29) is 11.9 Å². The Kier molecular flexibility index (Phi) is 6.61. The molecule has 106 valence electrons. The van der Waals surface area contributed by atoms with Gasteiger partial charge in [-0.2, -0.15) is 0 Å². The number of esters is 1. The van der Waals surface area contributed by atoms with Crippen molar-refractivity contribution >= 4 is 5.97 Å². The van der Waals surface area contributed by atoms with Crippen LogP contribution in [0.3, 0.4) is 0 Å². The second kappa shape index (κ2) is 7.98. The quantitative estimate of drug-likeness (QED) is 0.692. The molecule has 0 saturated carbocycles. The fourth-order valence-electron chi connectivity index (χ4n) is 2.17. The number of carbonyl (C=O) groups is 1. The van der Waals surface area contributed by atoms with Crippen LogP contribution in [0.5, 0.6) is 0 Å². The molecule has 1 aromatic rings. The summed E-state index contributed by atoms with van der Waals surface area (Å²) >= 11 is 0. The Morgan fingerprint density at radius 1 is 1.11 bits per heavy atom. The van der Waals surface area contributed by atoms with Gasteiger partial charge in [-0.3, -0.25) is 4.79 Å². The number of rotatable bonds is 7. The van der Waals surface area contributed by atoms with E-state index >= 15 is 0 Å². The van der Waals surface area contributed by atoms with Gasteiger partial charge in [0.05, 0.1) is 12.5 Å². The van der Waals surface area contributed by atoms with E-state index in [4.69, 9.17) is 4.74 Å². The van der Waals surface area contributed by atoms with Crippen molar-refractivity contribution in [3.63, 3.8) is 0 Å². The molecule has 0 amide bonds. The number of benzene rings is 1. The van der Waals surface area contributed by atoms with Crippen LogP contribution in [0.4, 0.5) is 0 Å². The van der Waals surface area contributed by atoms with Gasteiger partial charge in [-0.05, 0) is 23.8 Å². The van der Waals surface area contributed by atoms with Gasteiger partial charge in [0.25, 0.3) is 0 Å². The molecule has 2 nitrogen and oxygen atoms in total. The van der Waals surface area contributed by atoms with E-state index in [0.717, 1.165) is 12.8 Å². The van der Waals surface area contributed by atoms with Gasteiger partial charge in [-0.15, -0.1) is 0 Å². The first-order valence-corrected chi connectivity index (χ1v) is 7.21. The molecule has 1 aromatic carbocycles. The Morgan fingerprint density at radius 2 is 1.74 bits per heavy atom. The topological polar surface area (TPSA) is 26.3 Å². The van der Waals surface area contributed by atoms with Crippen LogP contribution < -0.4 is 0 Å². The normalized spacial score (nSPS) is 12.7. The summed E-state index contributed by atoms with van der Waals surface area (Å²) in [5.41, 5.74) is 1.21. The van der Waals surface area contributed by atoms with Crippen LogP contribution in [0.25, 0.3) is 0 Å². The zero-order valence-corrected chi connectivity index (χ0v) is 12.6. The Hall–Kier alpha value is -1.31. The van der Waals surface area contributed by atoms with E-state index < -0.39 is 0 Å². The summed E-state index contributed by atoms with van der Waals surface area (Å²) in [4.78, 5) is 12.1. The Balaban J connectivity index is 2.40. The van der Waals surface area contributed by atoms with Crippen molar-refractivity contribution in [3.05, 3.63) is 35.9 Å². The molecular weight excluding hydrogens is 236 g/mol. The summed E-state index contributed by atoms with van der Waals surface area (Å²) in [5, 5.41) is 0. The van der Waals surface area contributed by atoms with Crippen LogP contribution in [-0.4, -0.2) is 12.6 Å². The predicted molar refractivity (Wildman–Crippen MR) is 78.9 cm³/mol. The number of hydrogen-bond acceptors (Lipinski definition) is 2. The van der Waals surface area contributed by atoms with Crippen LogP contribution in [-0.2, 0) is 16.0 Å². The lowest BCUT2D eigenvalue weighted by molar-refractivity contribution is -0.150. The Morgan fingerprint density at radius 3 is 2.26 bits per heavy atom. The summed E-state index contributed by atoms with van der Waals surface area (Å²) in [6.07, 6.45) is 1.70. The Labute approximate surface area is 117 Å². The monoisotopic (exact) mass is 262 g/mol. The van der Waals surface area contributed by atoms with Gasteiger partial charge < -0.3 is 4.74 Å². The number of carbonyl (C=O) groups excluding carboxylic acids is 1. The van der Waals surface area contributed by atoms with Crippen LogP contribution in [0.15, 0.2) is 30.3 Å². The summed E-state index contributed by atoms with van der Waals surface area (Å²) < 4.78 is 5.43. The minimum absolute atomic E-state index is 0.0239. The first-order chi connectivity index (χ1) is 9.00. The molecule has 0 radical (unpaired) electrons. The largest absolute Gasteiger partial charge is 0.465 e. The highest BCUT2D eigenvalue weighted by molar-refractivity contribution is 5.72. The van der Waals surface area contributed by atoms with Gasteiger partial charge in [-0.25, -0.2) is 0 Å². The second-order valence-electron chi connectivity index (χ2n) is 5.88. The van der Waals surface area contributed by atoms with Crippen molar-refractivity contribution in [2.24, 2.45) is 17.8 Å². The van der Waals surface area contributed by atoms with E-state index in [2.05, 4.69) is 39.8 Å². The van der Waals surface area contributed by atoms with Crippen LogP contribution in [0.2, 0.25) is 0 Å². The third kappa shape index (κ3) is 5.91. The maximum absolute atomic E-state index is 12.1. The van der Waals surface area contributed by atoms with Crippen molar-refractivity contribution < 1.29 is 9.53 Å². The third-order valence-electron chi connectivity index (χ3n) is 3.31. The molecule has 0 heterocycles. The van der Waals surface area contributed by atoms with E-state index in [1.54, 1.807) is 0 Å². The molecule has 0 spiro atoms. The molecule has 2 heteroatoms. The average molecular weight is 262 g/mol. The lowest BCUT2D eigenvalue weighted by atomic mass is 9.88. The molecule has 0 aliphatic heterocycles. The standard InChI is InChI=1S/C17H26O2/c1-13(2)12-16(14(3)4)17(18)19-11-10-15-8-6-5-7-9-15/h5-9,13-14,16H,10-12H2,1-4H3. The van der Waals surface area contributed by atoms with Gasteiger partial charge in [-0.1, -0.05) is 58.0 Å². The van der Waals surface area contributed by atoms with Crippen molar-refractivity contribution in [3.8, 4) is 0 Å². The molecule has 0 N–H and O–H groups in total. The summed E-state index contributed by atoms with van der Waals surface area (Å²) in [5.74, 6) is 0.844. The maximum atomic E-state index is 12.1. The zero-order valence-electron chi connectivity index (χ0n) is 12.6. The smallest absolute Gasteiger partial charge is 0.309 e. The van der Waals surface area contributed by atoms with Gasteiger partial charge in [0.1, 0.15) is 0 Å². The first kappa shape index (κ1) is 15.7. The van der Waals surface area contributed by atoms with Gasteiger partial charge >= 0.3 is 5.97 Å². The van der Waals surface area contributed by atoms with Crippen molar-refractivity contribution in [2.75, 3.05) is 6.61 Å². The van der Waals surface area contributed by atoms with Crippen LogP contribution in [0.1, 0.15) is 39.7 Å². The summed E-state index contributed by atoms with van der Waals surface area (Å²) in [7, 11) is 0. The molecule has 0 fully saturated rings. The van der Waals surface area contributed by atoms with Crippen molar-refractivity contribution in [2.45, 2.75) is 40.5 Å². The van der Waals surface area contributed by atoms with E-state index in [1.165, 1.54) is 5.56 Å². The number of ether oxygens (including phenoxy) is 1. The van der Waals surface area contributed by atoms with Gasteiger partial charge in [0, 0.05) is 6.42 Å². The fourth-order valence-corrected chi connectivity index (χ4v) is 2.17. The van der Waals surface area contributed by atoms with E-state index in [9.17, 15) is 4.79 Å². The third-order valence-corrected chi connectivity index (χ3v) is 3.31. The average Bonchev–Trinajstić information content (AvgIpc) is 2.36. The predicted octanol–water partition coefficient (Wildman–Crippen LogP) is 4.09. The zero-order chi connectivity index (χ0) is 14.3. The van der Waals surface area contributed by atoms with Gasteiger partial charge in [0.2, 0.25) is 0 Å². The second-order valence-corrected chi connectivity index (χ2v) is 5.88. The SMILES string of the molecule is CC(C)CC(C(=O)OCCc1ccccc1)C(C)C. The summed E-state index contributed by atoms with van der Waals surface area (Å²) in [6, 6.07) is 10.1. The van der Waals surface area contributed by atoms with Crippen molar-refractivity contribution in [1.29, 1.82) is 0 Å². The molecule has 19 heavy (non-hydrogen) atoms. The minimum Gasteiger partial charge on any atom is -0.465 e. The summed E-state index contributed by atoms with van der Waals surface area (Å²) in [6.45, 7) is 8.94. The molecule has 0 aliphatic carbocycles. The maximum Gasteiger partial charge on any atom is 0.309 e. The van der Waals surface area contributed by atoms with Crippen molar-refractivity contribution in [1.82, 2.24) is 0 Å². The lowest BCUT2D eigenvalue weighted by Crippen LogP contribution is -2.25. The number of hydrogen-bond donors (Lipinski definition) is 0. The lowest BCUT2D eigenvalue weighted by Gasteiger charge is -2.21. The molecule has 1 atom stereocenters. The van der Waals surface area contributed by atoms with E-state index in [1.807, 2.05) is 18.2 Å².